The number of rotatable bonds is 6. The lowest BCUT2D eigenvalue weighted by molar-refractivity contribution is -0.280. The number of carbonyl (C=O) groups is 1. The third kappa shape index (κ3) is 4.85. The smallest absolute Gasteiger partial charge is 0.293 e. The average Bonchev–Trinajstić information content (AvgIpc) is 2.52. The van der Waals surface area contributed by atoms with Crippen molar-refractivity contribution in [3.63, 3.8) is 0 Å². The first kappa shape index (κ1) is 16.0. The molecule has 0 amide bonds. The minimum atomic E-state index is -0.388. The van der Waals surface area contributed by atoms with E-state index >= 15 is 0 Å². The highest BCUT2D eigenvalue weighted by Crippen LogP contribution is 2.30. The van der Waals surface area contributed by atoms with Crippen molar-refractivity contribution in [2.45, 2.75) is 64.9 Å². The highest BCUT2D eigenvalue weighted by Gasteiger charge is 2.23. The molecule has 1 aliphatic rings. The standard InChI is InChI=1S/C18H26O3/c1-3-4-8-15-10-12-16(13-11-15)20-21-18(19)17-9-6-5-7-14(17)2/h5-7,9,15-16H,3-4,8,10-13H2,1-2H3. The van der Waals surface area contributed by atoms with Gasteiger partial charge in [-0.15, -0.1) is 0 Å². The zero-order chi connectivity index (χ0) is 15.1. The normalized spacial score (nSPS) is 22.0. The third-order valence-electron chi connectivity index (χ3n) is 4.38. The molecule has 1 aliphatic carbocycles. The van der Waals surface area contributed by atoms with E-state index in [1.807, 2.05) is 25.1 Å². The lowest BCUT2D eigenvalue weighted by Crippen LogP contribution is -2.23. The molecule has 0 N–H and O–H groups in total. The summed E-state index contributed by atoms with van der Waals surface area (Å²) >= 11 is 0. The number of hydrogen-bond acceptors (Lipinski definition) is 3. The molecule has 1 saturated carbocycles. The Bertz CT molecular complexity index is 448. The fourth-order valence-corrected chi connectivity index (χ4v) is 2.97. The Kier molecular flexibility index (Phi) is 6.24. The first-order valence-corrected chi connectivity index (χ1v) is 8.14. The Morgan fingerprint density at radius 1 is 1.19 bits per heavy atom. The van der Waals surface area contributed by atoms with Crippen LogP contribution in [0, 0.1) is 12.8 Å². The lowest BCUT2D eigenvalue weighted by atomic mass is 9.84. The van der Waals surface area contributed by atoms with Crippen LogP contribution >= 0.6 is 0 Å². The summed E-state index contributed by atoms with van der Waals surface area (Å²) in [4.78, 5) is 22.3. The topological polar surface area (TPSA) is 35.5 Å². The number of unbranched alkanes of at least 4 members (excludes halogenated alkanes) is 1. The number of hydrogen-bond donors (Lipinski definition) is 0. The molecule has 0 bridgehead atoms. The molecule has 3 nitrogen and oxygen atoms in total. The van der Waals surface area contributed by atoms with Crippen molar-refractivity contribution in [3.05, 3.63) is 35.4 Å². The van der Waals surface area contributed by atoms with Crippen LogP contribution in [0.1, 0.15) is 67.8 Å². The van der Waals surface area contributed by atoms with Crippen molar-refractivity contribution < 1.29 is 14.6 Å². The molecule has 0 radical (unpaired) electrons. The third-order valence-corrected chi connectivity index (χ3v) is 4.38. The summed E-state index contributed by atoms with van der Waals surface area (Å²) in [6.07, 6.45) is 8.34. The van der Waals surface area contributed by atoms with E-state index in [0.29, 0.717) is 5.56 Å². The molecule has 116 valence electrons. The van der Waals surface area contributed by atoms with Crippen LogP contribution in [0.3, 0.4) is 0 Å². The van der Waals surface area contributed by atoms with E-state index in [9.17, 15) is 4.79 Å². The van der Waals surface area contributed by atoms with Crippen LogP contribution in [0.5, 0.6) is 0 Å². The summed E-state index contributed by atoms with van der Waals surface area (Å²) in [5, 5.41) is 0. The molecule has 0 aliphatic heterocycles. The fraction of sp³-hybridized carbons (Fsp3) is 0.611. The molecule has 21 heavy (non-hydrogen) atoms. The van der Waals surface area contributed by atoms with E-state index < -0.39 is 0 Å². The minimum Gasteiger partial charge on any atom is -0.293 e. The second-order valence-corrected chi connectivity index (χ2v) is 6.07. The van der Waals surface area contributed by atoms with Gasteiger partial charge in [0.05, 0.1) is 5.56 Å². The van der Waals surface area contributed by atoms with Gasteiger partial charge in [0, 0.05) is 0 Å². The van der Waals surface area contributed by atoms with Gasteiger partial charge in [-0.25, -0.2) is 4.79 Å². The number of carbonyl (C=O) groups excluding carboxylic acids is 1. The zero-order valence-electron chi connectivity index (χ0n) is 13.1. The lowest BCUT2D eigenvalue weighted by Gasteiger charge is -2.27. The largest absolute Gasteiger partial charge is 0.373 e. The molecule has 0 atom stereocenters. The van der Waals surface area contributed by atoms with Crippen molar-refractivity contribution in [2.24, 2.45) is 5.92 Å². The second kappa shape index (κ2) is 8.18. The summed E-state index contributed by atoms with van der Waals surface area (Å²) in [7, 11) is 0. The van der Waals surface area contributed by atoms with Crippen LogP contribution in [0.4, 0.5) is 0 Å². The van der Waals surface area contributed by atoms with Crippen LogP contribution < -0.4 is 0 Å². The minimum absolute atomic E-state index is 0.0656. The molecule has 1 fully saturated rings. The second-order valence-electron chi connectivity index (χ2n) is 6.07. The summed E-state index contributed by atoms with van der Waals surface area (Å²) in [6.45, 7) is 4.13. The van der Waals surface area contributed by atoms with E-state index in [4.69, 9.17) is 9.78 Å². The van der Waals surface area contributed by atoms with E-state index in [-0.39, 0.29) is 12.1 Å². The van der Waals surface area contributed by atoms with Crippen LogP contribution in [-0.2, 0) is 9.78 Å². The van der Waals surface area contributed by atoms with Crippen LogP contribution in [0.15, 0.2) is 24.3 Å². The van der Waals surface area contributed by atoms with Gasteiger partial charge in [-0.05, 0) is 50.2 Å². The van der Waals surface area contributed by atoms with Gasteiger partial charge in [0.1, 0.15) is 6.10 Å². The SMILES string of the molecule is CCCCC1CCC(OOC(=O)c2ccccc2C)CC1. The quantitative estimate of drug-likeness (QED) is 0.556. The van der Waals surface area contributed by atoms with E-state index in [1.54, 1.807) is 6.07 Å². The predicted molar refractivity (Wildman–Crippen MR) is 83.0 cm³/mol. The Balaban J connectivity index is 1.72. The highest BCUT2D eigenvalue weighted by atomic mass is 17.2. The van der Waals surface area contributed by atoms with Crippen molar-refractivity contribution in [1.29, 1.82) is 0 Å². The number of aryl methyl sites for hydroxylation is 1. The highest BCUT2D eigenvalue weighted by molar-refractivity contribution is 5.90. The molecule has 0 saturated heterocycles. The van der Waals surface area contributed by atoms with Crippen molar-refractivity contribution in [3.8, 4) is 0 Å². The van der Waals surface area contributed by atoms with Crippen molar-refractivity contribution in [1.82, 2.24) is 0 Å². The summed E-state index contributed by atoms with van der Waals surface area (Å²) in [6, 6.07) is 7.41. The van der Waals surface area contributed by atoms with Gasteiger partial charge in [-0.2, -0.15) is 4.89 Å². The Morgan fingerprint density at radius 3 is 2.57 bits per heavy atom. The fourth-order valence-electron chi connectivity index (χ4n) is 2.97. The van der Waals surface area contributed by atoms with Gasteiger partial charge in [0.25, 0.3) is 0 Å². The van der Waals surface area contributed by atoms with Gasteiger partial charge in [0.15, 0.2) is 0 Å². The number of benzene rings is 1. The van der Waals surface area contributed by atoms with Crippen molar-refractivity contribution >= 4 is 5.97 Å². The molecule has 3 heteroatoms. The Hall–Kier alpha value is -1.35. The zero-order valence-corrected chi connectivity index (χ0v) is 13.1. The monoisotopic (exact) mass is 290 g/mol. The van der Waals surface area contributed by atoms with Gasteiger partial charge < -0.3 is 0 Å². The Morgan fingerprint density at radius 2 is 1.90 bits per heavy atom. The van der Waals surface area contributed by atoms with E-state index in [0.717, 1.165) is 24.3 Å². The van der Waals surface area contributed by atoms with Gasteiger partial charge in [0.2, 0.25) is 0 Å². The van der Waals surface area contributed by atoms with Crippen molar-refractivity contribution in [2.75, 3.05) is 0 Å². The maximum Gasteiger partial charge on any atom is 0.373 e. The Labute approximate surface area is 127 Å². The molecule has 1 aromatic carbocycles. The molecule has 2 rings (SSSR count). The summed E-state index contributed by atoms with van der Waals surface area (Å²) in [5.41, 5.74) is 1.49. The predicted octanol–water partition coefficient (Wildman–Crippen LogP) is 4.83. The van der Waals surface area contributed by atoms with Crippen LogP contribution in [-0.4, -0.2) is 12.1 Å². The molecule has 0 spiro atoms. The van der Waals surface area contributed by atoms with Gasteiger partial charge >= 0.3 is 5.97 Å². The summed E-state index contributed by atoms with van der Waals surface area (Å²) in [5.74, 6) is 0.443. The first-order valence-electron chi connectivity index (χ1n) is 8.14. The van der Waals surface area contributed by atoms with Gasteiger partial charge in [-0.1, -0.05) is 44.4 Å². The van der Waals surface area contributed by atoms with Crippen LogP contribution in [0.25, 0.3) is 0 Å². The maximum atomic E-state index is 12.0. The van der Waals surface area contributed by atoms with Crippen LogP contribution in [0.2, 0.25) is 0 Å². The van der Waals surface area contributed by atoms with E-state index in [1.165, 1.54) is 32.1 Å². The van der Waals surface area contributed by atoms with Gasteiger partial charge in [-0.3, -0.25) is 4.89 Å². The summed E-state index contributed by atoms with van der Waals surface area (Å²) < 4.78 is 0. The first-order chi connectivity index (χ1) is 10.2. The average molecular weight is 290 g/mol. The molecule has 1 aromatic rings. The van der Waals surface area contributed by atoms with E-state index in [2.05, 4.69) is 6.92 Å². The molecule has 0 unspecified atom stereocenters. The molecule has 0 aromatic heterocycles. The molecular weight excluding hydrogens is 264 g/mol. The molecular formula is C18H26O3. The molecule has 0 heterocycles. The maximum absolute atomic E-state index is 12.0.